The highest BCUT2D eigenvalue weighted by Crippen LogP contribution is 2.46. The fraction of sp³-hybridized carbons (Fsp3) is 0.0244. The van der Waals surface area contributed by atoms with Crippen LogP contribution in [0.5, 0.6) is 0 Å². The van der Waals surface area contributed by atoms with Gasteiger partial charge < -0.3 is 4.42 Å². The minimum atomic E-state index is 0.643. The minimum absolute atomic E-state index is 0.643. The van der Waals surface area contributed by atoms with Gasteiger partial charge in [0.15, 0.2) is 0 Å². The third kappa shape index (κ3) is 3.60. The van der Waals surface area contributed by atoms with Crippen molar-refractivity contribution in [1.82, 2.24) is 14.5 Å². The van der Waals surface area contributed by atoms with Crippen LogP contribution in [0.25, 0.3) is 83.3 Å². The van der Waals surface area contributed by atoms with Gasteiger partial charge >= 0.3 is 0 Å². The molecule has 210 valence electrons. The number of fused-ring (bicyclic) bond motifs is 10. The minimum Gasteiger partial charge on any atom is -0.456 e. The van der Waals surface area contributed by atoms with Gasteiger partial charge in [-0.2, -0.15) is 0 Å². The number of hydrogen-bond acceptors (Lipinski definition) is 3. The van der Waals surface area contributed by atoms with E-state index in [1.807, 2.05) is 12.1 Å². The molecule has 10 rings (SSSR count). The maximum absolute atomic E-state index is 6.58. The van der Waals surface area contributed by atoms with Gasteiger partial charge in [-0.3, -0.25) is 4.57 Å². The van der Waals surface area contributed by atoms with Crippen molar-refractivity contribution >= 4 is 43.7 Å². The van der Waals surface area contributed by atoms with Crippen LogP contribution in [-0.4, -0.2) is 14.5 Å². The third-order valence-corrected chi connectivity index (χ3v) is 9.24. The van der Waals surface area contributed by atoms with Crippen LogP contribution < -0.4 is 0 Å². The van der Waals surface area contributed by atoms with E-state index in [1.54, 1.807) is 0 Å². The maximum atomic E-state index is 6.58. The average Bonchev–Trinajstić information content (AvgIpc) is 3.76. The molecule has 0 fully saturated rings. The Kier molecular flexibility index (Phi) is 5.02. The van der Waals surface area contributed by atoms with Crippen molar-refractivity contribution in [2.75, 3.05) is 0 Å². The molecule has 45 heavy (non-hydrogen) atoms. The molecule has 9 aromatic rings. The quantitative estimate of drug-likeness (QED) is 0.210. The Labute approximate surface area is 258 Å². The molecule has 0 atom stereocenters. The lowest BCUT2D eigenvalue weighted by molar-refractivity contribution is 0.669. The Morgan fingerprint density at radius 2 is 1.20 bits per heavy atom. The SMILES string of the molecule is c1ccc(-c2cc(-c3ccccc3)nc(-n3c4ccccc4c4cc5oc6ccc7c(c6c5cc43)-c3ccccc3C7)n2)cc1. The van der Waals surface area contributed by atoms with E-state index in [1.165, 1.54) is 27.6 Å². The van der Waals surface area contributed by atoms with Gasteiger partial charge in [0.25, 0.3) is 0 Å². The molecule has 0 unspecified atom stereocenters. The predicted octanol–water partition coefficient (Wildman–Crippen LogP) is 10.4. The normalized spacial score (nSPS) is 12.4. The van der Waals surface area contributed by atoms with Gasteiger partial charge in [-0.1, -0.05) is 109 Å². The molecule has 0 bridgehead atoms. The van der Waals surface area contributed by atoms with Crippen molar-refractivity contribution in [1.29, 1.82) is 0 Å². The van der Waals surface area contributed by atoms with E-state index in [0.717, 1.165) is 67.3 Å². The van der Waals surface area contributed by atoms with Gasteiger partial charge in [0.2, 0.25) is 5.95 Å². The van der Waals surface area contributed by atoms with Crippen LogP contribution in [0.4, 0.5) is 0 Å². The monoisotopic (exact) mass is 575 g/mol. The second-order valence-electron chi connectivity index (χ2n) is 11.8. The lowest BCUT2D eigenvalue weighted by Crippen LogP contribution is -2.04. The van der Waals surface area contributed by atoms with Gasteiger partial charge in [-0.05, 0) is 59.0 Å². The summed E-state index contributed by atoms with van der Waals surface area (Å²) in [6.45, 7) is 0. The van der Waals surface area contributed by atoms with Gasteiger partial charge in [0, 0.05) is 32.7 Å². The van der Waals surface area contributed by atoms with E-state index < -0.39 is 0 Å². The Morgan fingerprint density at radius 3 is 1.98 bits per heavy atom. The van der Waals surface area contributed by atoms with E-state index in [9.17, 15) is 0 Å². The standard InChI is InChI=1S/C41H25N3O/c1-3-11-25(12-4-1)33-24-34(26-13-5-2-6-14-26)43-41(42-33)44-35-18-10-9-17-30(35)31-23-38-32(22-36(31)44)40-37(45-38)20-19-28-21-27-15-7-8-16-29(27)39(28)40/h1-20,22-24H,21H2. The molecule has 3 aromatic heterocycles. The Morgan fingerprint density at radius 1 is 0.511 bits per heavy atom. The topological polar surface area (TPSA) is 43.9 Å². The predicted molar refractivity (Wildman–Crippen MR) is 183 cm³/mol. The molecule has 1 aliphatic rings. The lowest BCUT2D eigenvalue weighted by atomic mass is 9.99. The first-order chi connectivity index (χ1) is 22.3. The van der Waals surface area contributed by atoms with Gasteiger partial charge in [0.05, 0.1) is 22.4 Å². The zero-order chi connectivity index (χ0) is 29.5. The first-order valence-corrected chi connectivity index (χ1v) is 15.3. The van der Waals surface area contributed by atoms with Crippen molar-refractivity contribution in [3.05, 3.63) is 151 Å². The van der Waals surface area contributed by atoms with Crippen LogP contribution in [-0.2, 0) is 6.42 Å². The summed E-state index contributed by atoms with van der Waals surface area (Å²) in [4.78, 5) is 10.4. The largest absolute Gasteiger partial charge is 0.456 e. The molecule has 0 saturated heterocycles. The molecule has 0 N–H and O–H groups in total. The smallest absolute Gasteiger partial charge is 0.235 e. The summed E-state index contributed by atoms with van der Waals surface area (Å²) in [5, 5.41) is 4.54. The summed E-state index contributed by atoms with van der Waals surface area (Å²) in [5.74, 6) is 0.643. The first kappa shape index (κ1) is 24.4. The van der Waals surface area contributed by atoms with E-state index >= 15 is 0 Å². The highest BCUT2D eigenvalue weighted by Gasteiger charge is 2.25. The molecular weight excluding hydrogens is 550 g/mol. The fourth-order valence-electron chi connectivity index (χ4n) is 7.21. The average molecular weight is 576 g/mol. The second-order valence-corrected chi connectivity index (χ2v) is 11.8. The second kappa shape index (κ2) is 9.25. The molecule has 3 heterocycles. The summed E-state index contributed by atoms with van der Waals surface area (Å²) in [5.41, 5.74) is 13.1. The number of aromatic nitrogens is 3. The Balaban J connectivity index is 1.31. The van der Waals surface area contributed by atoms with Crippen molar-refractivity contribution in [2.24, 2.45) is 0 Å². The zero-order valence-electron chi connectivity index (χ0n) is 24.2. The molecule has 0 radical (unpaired) electrons. The Bertz CT molecular complexity index is 2560. The highest BCUT2D eigenvalue weighted by atomic mass is 16.3. The number of furan rings is 1. The molecule has 4 nitrogen and oxygen atoms in total. The number of rotatable bonds is 3. The van der Waals surface area contributed by atoms with Crippen molar-refractivity contribution < 1.29 is 4.42 Å². The molecule has 0 aliphatic heterocycles. The molecule has 0 spiro atoms. The van der Waals surface area contributed by atoms with Crippen LogP contribution in [0.2, 0.25) is 0 Å². The zero-order valence-corrected chi connectivity index (χ0v) is 24.2. The molecule has 4 heteroatoms. The highest BCUT2D eigenvalue weighted by molar-refractivity contribution is 6.20. The lowest BCUT2D eigenvalue weighted by Gasteiger charge is -2.12. The summed E-state index contributed by atoms with van der Waals surface area (Å²) < 4.78 is 8.80. The van der Waals surface area contributed by atoms with Gasteiger partial charge in [-0.25, -0.2) is 9.97 Å². The molecule has 1 aliphatic carbocycles. The van der Waals surface area contributed by atoms with Crippen LogP contribution in [0.1, 0.15) is 11.1 Å². The first-order valence-electron chi connectivity index (χ1n) is 15.3. The summed E-state index contributed by atoms with van der Waals surface area (Å²) in [6.07, 6.45) is 0.943. The van der Waals surface area contributed by atoms with E-state index in [2.05, 4.69) is 132 Å². The molecular formula is C41H25N3O. The van der Waals surface area contributed by atoms with Crippen molar-refractivity contribution in [3.8, 4) is 39.6 Å². The third-order valence-electron chi connectivity index (χ3n) is 9.24. The summed E-state index contributed by atoms with van der Waals surface area (Å²) in [6, 6.07) is 48.9. The summed E-state index contributed by atoms with van der Waals surface area (Å²) >= 11 is 0. The molecule has 0 amide bonds. The summed E-state index contributed by atoms with van der Waals surface area (Å²) in [7, 11) is 0. The van der Waals surface area contributed by atoms with Gasteiger partial charge in [-0.15, -0.1) is 0 Å². The van der Waals surface area contributed by atoms with Crippen LogP contribution in [0.15, 0.2) is 144 Å². The number of para-hydroxylation sites is 1. The fourth-order valence-corrected chi connectivity index (χ4v) is 7.21. The number of benzene rings is 6. The Hall–Kier alpha value is -6.00. The van der Waals surface area contributed by atoms with E-state index in [4.69, 9.17) is 14.4 Å². The number of nitrogens with zero attached hydrogens (tertiary/aromatic N) is 3. The van der Waals surface area contributed by atoms with Crippen molar-refractivity contribution in [2.45, 2.75) is 6.42 Å². The van der Waals surface area contributed by atoms with Crippen LogP contribution >= 0.6 is 0 Å². The van der Waals surface area contributed by atoms with Crippen LogP contribution in [0, 0.1) is 0 Å². The van der Waals surface area contributed by atoms with Crippen LogP contribution in [0.3, 0.4) is 0 Å². The van der Waals surface area contributed by atoms with Crippen molar-refractivity contribution in [3.63, 3.8) is 0 Å². The van der Waals surface area contributed by atoms with E-state index in [-0.39, 0.29) is 0 Å². The molecule has 6 aromatic carbocycles. The number of hydrogen-bond donors (Lipinski definition) is 0. The molecule has 0 saturated carbocycles. The maximum Gasteiger partial charge on any atom is 0.235 e. The van der Waals surface area contributed by atoms with E-state index in [0.29, 0.717) is 5.95 Å². The van der Waals surface area contributed by atoms with Gasteiger partial charge in [0.1, 0.15) is 11.2 Å².